The fourth-order valence-corrected chi connectivity index (χ4v) is 2.91. The van der Waals surface area contributed by atoms with Crippen LogP contribution in [0.25, 0.3) is 0 Å². The lowest BCUT2D eigenvalue weighted by atomic mass is 10.4. The highest BCUT2D eigenvalue weighted by atomic mass is 79.9. The van der Waals surface area contributed by atoms with E-state index in [2.05, 4.69) is 25.3 Å². The smallest absolute Gasteiger partial charge is 0.163 e. The molecule has 0 N–H and O–H groups in total. The lowest BCUT2D eigenvalue weighted by Crippen LogP contribution is -1.96. The Morgan fingerprint density at radius 1 is 1.12 bits per heavy atom. The molecule has 0 saturated carbocycles. The molecule has 0 aliphatic heterocycles. The van der Waals surface area contributed by atoms with Crippen LogP contribution in [0.2, 0.25) is 0 Å². The van der Waals surface area contributed by atoms with Gasteiger partial charge in [0.15, 0.2) is 5.82 Å². The fourth-order valence-electron chi connectivity index (χ4n) is 1.35. The van der Waals surface area contributed by atoms with Gasteiger partial charge in [-0.25, -0.2) is 9.19 Å². The standard InChI is InChI=1S/C12H11BrN2OS/c1-17(16,10-6-3-2-4-7-10)15-12-9-5-8-11(13)14-12/h2-9H,1H3/t17-/m0/s1. The molecule has 1 heterocycles. The first-order chi connectivity index (χ1) is 8.08. The second-order valence-corrected chi connectivity index (χ2v) is 6.60. The average molecular weight is 311 g/mol. The van der Waals surface area contributed by atoms with Crippen LogP contribution in [-0.2, 0) is 9.73 Å². The third-order valence-corrected chi connectivity index (χ3v) is 4.27. The number of hydrogen-bond donors (Lipinski definition) is 0. The van der Waals surface area contributed by atoms with Gasteiger partial charge in [-0.15, -0.1) is 0 Å². The Morgan fingerprint density at radius 3 is 2.47 bits per heavy atom. The maximum atomic E-state index is 12.4. The molecule has 0 radical (unpaired) electrons. The molecule has 0 amide bonds. The van der Waals surface area contributed by atoms with Gasteiger partial charge >= 0.3 is 0 Å². The molecule has 1 aromatic heterocycles. The van der Waals surface area contributed by atoms with Crippen molar-refractivity contribution in [1.82, 2.24) is 4.98 Å². The number of benzene rings is 1. The third-order valence-electron chi connectivity index (χ3n) is 2.15. The first kappa shape index (κ1) is 12.3. The fraction of sp³-hybridized carbons (Fsp3) is 0.0833. The lowest BCUT2D eigenvalue weighted by molar-refractivity contribution is 0.680. The molecule has 0 fully saturated rings. The molecule has 88 valence electrons. The van der Waals surface area contributed by atoms with E-state index < -0.39 is 9.73 Å². The van der Waals surface area contributed by atoms with Crippen LogP contribution in [0.4, 0.5) is 5.82 Å². The largest absolute Gasteiger partial charge is 0.245 e. The zero-order valence-corrected chi connectivity index (χ0v) is 11.6. The van der Waals surface area contributed by atoms with Gasteiger partial charge in [0, 0.05) is 11.2 Å². The molecule has 2 rings (SSSR count). The molecule has 5 heteroatoms. The summed E-state index contributed by atoms with van der Waals surface area (Å²) in [6.07, 6.45) is 1.62. The predicted octanol–water partition coefficient (Wildman–Crippen LogP) is 3.63. The van der Waals surface area contributed by atoms with E-state index in [0.29, 0.717) is 15.3 Å². The topological polar surface area (TPSA) is 42.3 Å². The average Bonchev–Trinajstić information content (AvgIpc) is 2.29. The van der Waals surface area contributed by atoms with Crippen molar-refractivity contribution in [2.75, 3.05) is 6.26 Å². The van der Waals surface area contributed by atoms with E-state index in [4.69, 9.17) is 0 Å². The molecule has 0 saturated heterocycles. The molecular weight excluding hydrogens is 300 g/mol. The Balaban J connectivity index is 2.49. The molecular formula is C12H11BrN2OS. The van der Waals surface area contributed by atoms with Crippen LogP contribution in [-0.4, -0.2) is 15.4 Å². The summed E-state index contributed by atoms with van der Waals surface area (Å²) in [5.74, 6) is 0.468. The Morgan fingerprint density at radius 2 is 1.82 bits per heavy atom. The van der Waals surface area contributed by atoms with Gasteiger partial charge in [-0.2, -0.15) is 4.36 Å². The van der Waals surface area contributed by atoms with Gasteiger partial charge in [-0.3, -0.25) is 0 Å². The summed E-state index contributed by atoms with van der Waals surface area (Å²) < 4.78 is 17.3. The molecule has 1 aromatic carbocycles. The lowest BCUT2D eigenvalue weighted by Gasteiger charge is -2.03. The minimum atomic E-state index is -2.44. The quantitative estimate of drug-likeness (QED) is 0.795. The molecule has 17 heavy (non-hydrogen) atoms. The summed E-state index contributed by atoms with van der Waals surface area (Å²) in [5.41, 5.74) is 0. The number of halogens is 1. The second kappa shape index (κ2) is 4.98. The van der Waals surface area contributed by atoms with Gasteiger partial charge in [0.1, 0.15) is 4.60 Å². The summed E-state index contributed by atoms with van der Waals surface area (Å²) in [6, 6.07) is 14.6. The molecule has 0 spiro atoms. The highest BCUT2D eigenvalue weighted by Crippen LogP contribution is 2.19. The molecule has 0 bridgehead atoms. The number of hydrogen-bond acceptors (Lipinski definition) is 3. The SMILES string of the molecule is C[S@@](=O)(=Nc1cccc(Br)n1)c1ccccc1. The number of pyridine rings is 1. The molecule has 0 aliphatic carbocycles. The van der Waals surface area contributed by atoms with E-state index in [-0.39, 0.29) is 0 Å². The van der Waals surface area contributed by atoms with Gasteiger partial charge in [-0.1, -0.05) is 24.3 Å². The normalized spacial score (nSPS) is 14.0. The highest BCUT2D eigenvalue weighted by Gasteiger charge is 2.05. The molecule has 3 nitrogen and oxygen atoms in total. The predicted molar refractivity (Wildman–Crippen MR) is 72.8 cm³/mol. The van der Waals surface area contributed by atoms with E-state index in [1.807, 2.05) is 36.4 Å². The van der Waals surface area contributed by atoms with Crippen molar-refractivity contribution in [3.05, 3.63) is 53.1 Å². The van der Waals surface area contributed by atoms with Crippen molar-refractivity contribution in [1.29, 1.82) is 0 Å². The van der Waals surface area contributed by atoms with Gasteiger partial charge < -0.3 is 0 Å². The van der Waals surface area contributed by atoms with Gasteiger partial charge in [-0.05, 0) is 40.2 Å². The zero-order chi connectivity index (χ0) is 12.3. The minimum absolute atomic E-state index is 0.468. The Labute approximate surface area is 109 Å². The van der Waals surface area contributed by atoms with E-state index in [0.717, 1.165) is 0 Å². The van der Waals surface area contributed by atoms with Crippen LogP contribution in [0.5, 0.6) is 0 Å². The van der Waals surface area contributed by atoms with Crippen LogP contribution < -0.4 is 0 Å². The first-order valence-electron chi connectivity index (χ1n) is 4.98. The van der Waals surface area contributed by atoms with Crippen molar-refractivity contribution in [3.8, 4) is 0 Å². The van der Waals surface area contributed by atoms with Crippen LogP contribution in [0.1, 0.15) is 0 Å². The van der Waals surface area contributed by atoms with E-state index >= 15 is 0 Å². The summed E-state index contributed by atoms with van der Waals surface area (Å²) in [7, 11) is -2.44. The summed E-state index contributed by atoms with van der Waals surface area (Å²) in [5, 5.41) is 0. The van der Waals surface area contributed by atoms with Gasteiger partial charge in [0.05, 0.1) is 9.73 Å². The monoisotopic (exact) mass is 310 g/mol. The Hall–Kier alpha value is -1.20. The number of aromatic nitrogens is 1. The van der Waals surface area contributed by atoms with E-state index in [9.17, 15) is 4.21 Å². The van der Waals surface area contributed by atoms with Crippen molar-refractivity contribution in [2.24, 2.45) is 4.36 Å². The Kier molecular flexibility index (Phi) is 3.59. The van der Waals surface area contributed by atoms with Crippen molar-refractivity contribution >= 4 is 31.5 Å². The van der Waals surface area contributed by atoms with Gasteiger partial charge in [0.25, 0.3) is 0 Å². The van der Waals surface area contributed by atoms with Crippen molar-refractivity contribution in [3.63, 3.8) is 0 Å². The maximum absolute atomic E-state index is 12.4. The van der Waals surface area contributed by atoms with Gasteiger partial charge in [0.2, 0.25) is 0 Å². The van der Waals surface area contributed by atoms with E-state index in [1.165, 1.54) is 0 Å². The summed E-state index contributed by atoms with van der Waals surface area (Å²) >= 11 is 3.26. The highest BCUT2D eigenvalue weighted by molar-refractivity contribution is 9.10. The van der Waals surface area contributed by atoms with Crippen LogP contribution >= 0.6 is 15.9 Å². The van der Waals surface area contributed by atoms with Crippen LogP contribution in [0, 0.1) is 0 Å². The number of rotatable bonds is 2. The summed E-state index contributed by atoms with van der Waals surface area (Å²) in [4.78, 5) is 4.86. The Bertz CT molecular complexity index is 634. The minimum Gasteiger partial charge on any atom is -0.245 e. The maximum Gasteiger partial charge on any atom is 0.163 e. The molecule has 0 aliphatic rings. The van der Waals surface area contributed by atoms with Crippen LogP contribution in [0.15, 0.2) is 62.4 Å². The number of nitrogens with zero attached hydrogens (tertiary/aromatic N) is 2. The third kappa shape index (κ3) is 3.14. The van der Waals surface area contributed by atoms with Crippen LogP contribution in [0.3, 0.4) is 0 Å². The molecule has 0 unspecified atom stereocenters. The zero-order valence-electron chi connectivity index (χ0n) is 9.21. The summed E-state index contributed by atoms with van der Waals surface area (Å²) in [6.45, 7) is 0. The van der Waals surface area contributed by atoms with E-state index in [1.54, 1.807) is 18.4 Å². The van der Waals surface area contributed by atoms with Crippen molar-refractivity contribution in [2.45, 2.75) is 4.90 Å². The van der Waals surface area contributed by atoms with Crippen molar-refractivity contribution < 1.29 is 4.21 Å². The first-order valence-corrected chi connectivity index (χ1v) is 7.69. The second-order valence-electron chi connectivity index (χ2n) is 3.53. The molecule has 2 aromatic rings. The molecule has 1 atom stereocenters.